The van der Waals surface area contributed by atoms with Crippen LogP contribution in [-0.4, -0.2) is 38.4 Å². The first-order valence-electron chi connectivity index (χ1n) is 10.7. The van der Waals surface area contributed by atoms with Gasteiger partial charge in [0.15, 0.2) is 0 Å². The van der Waals surface area contributed by atoms with E-state index in [1.54, 1.807) is 44.4 Å². The smallest absolute Gasteiger partial charge is 0.272 e. The average molecular weight is 489 g/mol. The van der Waals surface area contributed by atoms with Crippen LogP contribution in [0, 0.1) is 0 Å². The van der Waals surface area contributed by atoms with E-state index in [0.29, 0.717) is 33.6 Å². The van der Waals surface area contributed by atoms with E-state index in [1.807, 2.05) is 48.5 Å². The van der Waals surface area contributed by atoms with Crippen molar-refractivity contribution < 1.29 is 17.9 Å². The minimum atomic E-state index is -3.36. The lowest BCUT2D eigenvalue weighted by Crippen LogP contribution is -2.20. The molecule has 0 bridgehead atoms. The van der Waals surface area contributed by atoms with Crippen LogP contribution in [0.5, 0.6) is 5.75 Å². The fraction of sp³-hybridized carbons (Fsp3) is 0.115. The molecule has 0 aliphatic heterocycles. The molecule has 8 nitrogen and oxygen atoms in total. The highest BCUT2D eigenvalue weighted by atomic mass is 32.2. The van der Waals surface area contributed by atoms with Gasteiger partial charge in [-0.1, -0.05) is 30.3 Å². The summed E-state index contributed by atoms with van der Waals surface area (Å²) in [4.78, 5) is 17.9. The summed E-state index contributed by atoms with van der Waals surface area (Å²) in [5, 5.41) is 4.96. The van der Waals surface area contributed by atoms with Crippen molar-refractivity contribution in [2.24, 2.45) is 5.10 Å². The summed E-state index contributed by atoms with van der Waals surface area (Å²) in [6.45, 7) is 1.76. The van der Waals surface area contributed by atoms with E-state index in [2.05, 4.69) is 15.2 Å². The highest BCUT2D eigenvalue weighted by molar-refractivity contribution is 7.92. The van der Waals surface area contributed by atoms with Crippen molar-refractivity contribution in [2.45, 2.75) is 6.92 Å². The predicted molar refractivity (Wildman–Crippen MR) is 138 cm³/mol. The number of hydrogen-bond donors (Lipinski definition) is 2. The zero-order valence-electron chi connectivity index (χ0n) is 19.4. The van der Waals surface area contributed by atoms with E-state index in [0.717, 1.165) is 23.1 Å². The summed E-state index contributed by atoms with van der Waals surface area (Å²) in [5.74, 6) is 0.366. The van der Waals surface area contributed by atoms with Gasteiger partial charge in [-0.2, -0.15) is 5.10 Å². The fourth-order valence-electron chi connectivity index (χ4n) is 3.53. The lowest BCUT2D eigenvalue weighted by molar-refractivity contribution is 0.0956. The monoisotopic (exact) mass is 488 g/mol. The Morgan fingerprint density at radius 2 is 1.66 bits per heavy atom. The first-order chi connectivity index (χ1) is 16.7. The lowest BCUT2D eigenvalue weighted by Gasteiger charge is -2.10. The number of fused-ring (bicyclic) bond motifs is 1. The van der Waals surface area contributed by atoms with Crippen molar-refractivity contribution in [3.63, 3.8) is 0 Å². The van der Waals surface area contributed by atoms with Crippen LogP contribution < -0.4 is 14.9 Å². The Balaban J connectivity index is 1.61. The van der Waals surface area contributed by atoms with Gasteiger partial charge < -0.3 is 4.74 Å². The zero-order chi connectivity index (χ0) is 25.0. The molecule has 0 fully saturated rings. The van der Waals surface area contributed by atoms with E-state index in [1.165, 1.54) is 0 Å². The Labute approximate surface area is 203 Å². The van der Waals surface area contributed by atoms with Gasteiger partial charge in [-0.3, -0.25) is 9.52 Å². The normalized spacial score (nSPS) is 11.8. The molecule has 0 saturated heterocycles. The summed E-state index contributed by atoms with van der Waals surface area (Å²) < 4.78 is 30.4. The number of hydrogen-bond acceptors (Lipinski definition) is 6. The minimum Gasteiger partial charge on any atom is -0.497 e. The number of anilines is 1. The van der Waals surface area contributed by atoms with Crippen LogP contribution in [0.15, 0.2) is 84.0 Å². The third-order valence-corrected chi connectivity index (χ3v) is 5.88. The van der Waals surface area contributed by atoms with E-state index in [4.69, 9.17) is 9.72 Å². The number of carbonyl (C=O) groups is 1. The molecule has 0 atom stereocenters. The number of para-hydroxylation sites is 1. The van der Waals surface area contributed by atoms with Crippen LogP contribution in [0.3, 0.4) is 0 Å². The molecule has 0 saturated carbocycles. The number of hydrazone groups is 1. The molecule has 1 heterocycles. The molecule has 0 aliphatic rings. The molecule has 35 heavy (non-hydrogen) atoms. The van der Waals surface area contributed by atoms with E-state index < -0.39 is 10.0 Å². The third kappa shape index (κ3) is 5.82. The summed E-state index contributed by atoms with van der Waals surface area (Å²) in [6.07, 6.45) is 1.09. The molecular weight excluding hydrogens is 464 g/mol. The molecule has 4 rings (SSSR count). The molecule has 0 radical (unpaired) electrons. The molecule has 178 valence electrons. The topological polar surface area (TPSA) is 110 Å². The van der Waals surface area contributed by atoms with Gasteiger partial charge in [0.2, 0.25) is 10.0 Å². The fourth-order valence-corrected chi connectivity index (χ4v) is 4.09. The maximum absolute atomic E-state index is 13.1. The number of rotatable bonds is 7. The van der Waals surface area contributed by atoms with Crippen molar-refractivity contribution in [3.8, 4) is 17.0 Å². The zero-order valence-corrected chi connectivity index (χ0v) is 20.3. The van der Waals surface area contributed by atoms with Crippen LogP contribution in [0.2, 0.25) is 0 Å². The molecule has 0 spiro atoms. The van der Waals surface area contributed by atoms with Crippen LogP contribution >= 0.6 is 0 Å². The van der Waals surface area contributed by atoms with Gasteiger partial charge in [-0.05, 0) is 61.0 Å². The number of pyridine rings is 1. The first-order valence-corrected chi connectivity index (χ1v) is 12.6. The van der Waals surface area contributed by atoms with Crippen LogP contribution in [0.1, 0.15) is 22.8 Å². The summed E-state index contributed by atoms with van der Waals surface area (Å²) in [6, 6.07) is 23.4. The highest BCUT2D eigenvalue weighted by Gasteiger charge is 2.14. The number of sulfonamides is 1. The molecule has 1 aromatic heterocycles. The number of amides is 1. The van der Waals surface area contributed by atoms with E-state index >= 15 is 0 Å². The average Bonchev–Trinajstić information content (AvgIpc) is 2.86. The van der Waals surface area contributed by atoms with Crippen molar-refractivity contribution in [2.75, 3.05) is 18.1 Å². The van der Waals surface area contributed by atoms with E-state index in [-0.39, 0.29) is 5.91 Å². The summed E-state index contributed by atoms with van der Waals surface area (Å²) >= 11 is 0. The quantitative estimate of drug-likeness (QED) is 0.295. The Bertz CT molecular complexity index is 1510. The number of nitrogens with zero attached hydrogens (tertiary/aromatic N) is 2. The Morgan fingerprint density at radius 1 is 0.971 bits per heavy atom. The number of nitrogens with one attached hydrogen (secondary N) is 2. The van der Waals surface area contributed by atoms with Crippen molar-refractivity contribution in [1.29, 1.82) is 0 Å². The van der Waals surface area contributed by atoms with Gasteiger partial charge in [-0.25, -0.2) is 18.8 Å². The SMILES string of the molecule is COc1ccc(-c2cc(C(=O)N/N=C(/C)c3ccc(NS(C)(=O)=O)cc3)c3ccccc3n2)cc1. The number of aromatic nitrogens is 1. The number of benzene rings is 3. The van der Waals surface area contributed by atoms with Crippen molar-refractivity contribution in [1.82, 2.24) is 10.4 Å². The molecule has 9 heteroatoms. The molecular formula is C26H24N4O4S. The van der Waals surface area contributed by atoms with Crippen LogP contribution in [-0.2, 0) is 10.0 Å². The van der Waals surface area contributed by atoms with Gasteiger partial charge >= 0.3 is 0 Å². The molecule has 2 N–H and O–H groups in total. The Morgan fingerprint density at radius 3 is 2.31 bits per heavy atom. The number of ether oxygens (including phenoxy) is 1. The summed E-state index contributed by atoms with van der Waals surface area (Å²) in [7, 11) is -1.75. The lowest BCUT2D eigenvalue weighted by atomic mass is 10.0. The minimum absolute atomic E-state index is 0.368. The first kappa shape index (κ1) is 23.9. The predicted octanol–water partition coefficient (Wildman–Crippen LogP) is 4.44. The molecule has 3 aromatic carbocycles. The van der Waals surface area contributed by atoms with Crippen LogP contribution in [0.4, 0.5) is 5.69 Å². The highest BCUT2D eigenvalue weighted by Crippen LogP contribution is 2.26. The van der Waals surface area contributed by atoms with Crippen molar-refractivity contribution >= 4 is 38.2 Å². The largest absolute Gasteiger partial charge is 0.497 e. The maximum atomic E-state index is 13.1. The number of methoxy groups -OCH3 is 1. The van der Waals surface area contributed by atoms with Crippen LogP contribution in [0.25, 0.3) is 22.2 Å². The van der Waals surface area contributed by atoms with Gasteiger partial charge in [0.1, 0.15) is 5.75 Å². The molecule has 1 amide bonds. The van der Waals surface area contributed by atoms with Gasteiger partial charge in [0.05, 0.1) is 35.9 Å². The Hall–Kier alpha value is -4.24. The van der Waals surface area contributed by atoms with E-state index in [9.17, 15) is 13.2 Å². The second-order valence-corrected chi connectivity index (χ2v) is 9.64. The van der Waals surface area contributed by atoms with Gasteiger partial charge in [0, 0.05) is 16.6 Å². The second kappa shape index (κ2) is 9.94. The molecule has 0 aliphatic carbocycles. The molecule has 0 unspecified atom stereocenters. The van der Waals surface area contributed by atoms with Gasteiger partial charge in [0.25, 0.3) is 5.91 Å². The van der Waals surface area contributed by atoms with Crippen molar-refractivity contribution in [3.05, 3.63) is 90.0 Å². The maximum Gasteiger partial charge on any atom is 0.272 e. The Kier molecular flexibility index (Phi) is 6.79. The van der Waals surface area contributed by atoms with Gasteiger partial charge in [-0.15, -0.1) is 0 Å². The third-order valence-electron chi connectivity index (χ3n) is 5.28. The number of carbonyl (C=O) groups excluding carboxylic acids is 1. The standard InChI is InChI=1S/C26H24N4O4S/c1-17(18-8-12-20(13-9-18)30-35(3,32)33)28-29-26(31)23-16-25(19-10-14-21(34-2)15-11-19)27-24-7-5-4-6-22(23)24/h4-16,30H,1-3H3,(H,29,31)/b28-17-. The molecule has 4 aromatic rings. The summed E-state index contributed by atoms with van der Waals surface area (Å²) in [5.41, 5.74) is 7.04. The second-order valence-electron chi connectivity index (χ2n) is 7.89.